The molecule has 1 rings (SSSR count). The molecule has 0 aromatic rings. The molecular weight excluding hydrogens is 208 g/mol. The van der Waals surface area contributed by atoms with E-state index in [4.69, 9.17) is 5.73 Å². The van der Waals surface area contributed by atoms with Gasteiger partial charge in [-0.25, -0.2) is 4.99 Å². The van der Waals surface area contributed by atoms with E-state index in [9.17, 15) is 0 Å². The summed E-state index contributed by atoms with van der Waals surface area (Å²) in [5.41, 5.74) is 8.01. The van der Waals surface area contributed by atoms with Gasteiger partial charge in [0.05, 0.1) is 11.5 Å². The maximum absolute atomic E-state index is 5.92. The van der Waals surface area contributed by atoms with E-state index in [2.05, 4.69) is 42.3 Å². The first-order valence-corrected chi connectivity index (χ1v) is 6.31. The molecule has 0 aliphatic heterocycles. The number of hydrogen-bond donors (Lipinski definition) is 1. The third-order valence-corrected chi connectivity index (χ3v) is 2.60. The minimum Gasteiger partial charge on any atom is -0.387 e. The predicted octanol–water partition coefficient (Wildman–Crippen LogP) is 3.88. The zero-order chi connectivity index (χ0) is 12.5. The maximum Gasteiger partial charge on any atom is 0.0996 e. The Morgan fingerprint density at radius 1 is 1.47 bits per heavy atom. The second kappa shape index (κ2) is 7.66. The van der Waals surface area contributed by atoms with Crippen LogP contribution < -0.4 is 5.73 Å². The fraction of sp³-hybridized carbons (Fsp3) is 0.400. The van der Waals surface area contributed by atoms with Crippen molar-refractivity contribution in [2.24, 2.45) is 10.7 Å². The van der Waals surface area contributed by atoms with Gasteiger partial charge >= 0.3 is 0 Å². The van der Waals surface area contributed by atoms with Crippen LogP contribution in [0.1, 0.15) is 39.5 Å². The van der Waals surface area contributed by atoms with Crippen molar-refractivity contribution in [3.8, 4) is 0 Å². The van der Waals surface area contributed by atoms with E-state index in [1.54, 1.807) is 0 Å². The highest BCUT2D eigenvalue weighted by molar-refractivity contribution is 5.82. The minimum atomic E-state index is 0.725. The van der Waals surface area contributed by atoms with Gasteiger partial charge in [-0.15, -0.1) is 0 Å². The van der Waals surface area contributed by atoms with E-state index < -0.39 is 0 Å². The molecule has 17 heavy (non-hydrogen) atoms. The number of nitrogens with two attached hydrogens (primary N) is 1. The van der Waals surface area contributed by atoms with Gasteiger partial charge in [0.15, 0.2) is 0 Å². The average molecular weight is 230 g/mol. The Balaban J connectivity index is 2.78. The summed E-state index contributed by atoms with van der Waals surface area (Å²) in [5, 5.41) is 0. The van der Waals surface area contributed by atoms with Gasteiger partial charge in [-0.3, -0.25) is 0 Å². The second-order valence-electron chi connectivity index (χ2n) is 4.07. The Hall–Kier alpha value is -1.57. The molecule has 0 atom stereocenters. The lowest BCUT2D eigenvalue weighted by Crippen LogP contribution is -2.11. The molecule has 0 aromatic carbocycles. The van der Waals surface area contributed by atoms with Crippen molar-refractivity contribution in [3.63, 3.8) is 0 Å². The molecule has 0 heterocycles. The Morgan fingerprint density at radius 3 is 3.00 bits per heavy atom. The van der Waals surface area contributed by atoms with Crippen LogP contribution in [-0.4, -0.2) is 5.84 Å². The molecule has 2 nitrogen and oxygen atoms in total. The van der Waals surface area contributed by atoms with Crippen molar-refractivity contribution in [2.75, 3.05) is 0 Å². The largest absolute Gasteiger partial charge is 0.387 e. The average Bonchev–Trinajstić information content (AvgIpc) is 2.62. The summed E-state index contributed by atoms with van der Waals surface area (Å²) in [4.78, 5) is 4.50. The molecule has 0 spiro atoms. The van der Waals surface area contributed by atoms with Crippen LogP contribution >= 0.6 is 0 Å². The van der Waals surface area contributed by atoms with E-state index in [-0.39, 0.29) is 0 Å². The lowest BCUT2D eigenvalue weighted by atomic mass is 10.1. The molecular formula is C15H22N2. The zero-order valence-electron chi connectivity index (χ0n) is 10.8. The number of allylic oxidation sites excluding steroid dienone is 6. The minimum absolute atomic E-state index is 0.725. The molecule has 2 heteroatoms. The van der Waals surface area contributed by atoms with Gasteiger partial charge < -0.3 is 5.73 Å². The Kier molecular flexibility index (Phi) is 6.08. The number of nitrogens with zero attached hydrogens (tertiary/aromatic N) is 1. The number of aliphatic imine (C=N–C) groups is 1. The Bertz CT molecular complexity index is 382. The highest BCUT2D eigenvalue weighted by Gasteiger charge is 2.01. The highest BCUT2D eigenvalue weighted by Crippen LogP contribution is 2.16. The lowest BCUT2D eigenvalue weighted by Gasteiger charge is -2.04. The summed E-state index contributed by atoms with van der Waals surface area (Å²) in [5.74, 6) is 0.725. The van der Waals surface area contributed by atoms with E-state index in [0.29, 0.717) is 0 Å². The number of unbranched alkanes of at least 4 members (excludes halogenated alkanes) is 1. The molecule has 0 saturated heterocycles. The van der Waals surface area contributed by atoms with Gasteiger partial charge in [-0.05, 0) is 25.3 Å². The number of amidine groups is 1. The molecule has 0 saturated carbocycles. The standard InChI is InChI=1S/C15H22N2/c1-3-5-12-15(16)17-14(4-2)13-10-8-6-7-9-11-13/h4,6,8-11H,3,5,7,12H2,1-2H3,(H2,16,17). The van der Waals surface area contributed by atoms with Crippen LogP contribution in [0.5, 0.6) is 0 Å². The normalized spacial score (nSPS) is 16.9. The summed E-state index contributed by atoms with van der Waals surface area (Å²) in [6, 6.07) is 0. The molecule has 0 radical (unpaired) electrons. The zero-order valence-corrected chi connectivity index (χ0v) is 10.8. The monoisotopic (exact) mass is 230 g/mol. The van der Waals surface area contributed by atoms with Gasteiger partial charge in [-0.2, -0.15) is 0 Å². The van der Waals surface area contributed by atoms with Crippen molar-refractivity contribution in [1.82, 2.24) is 0 Å². The smallest absolute Gasteiger partial charge is 0.0996 e. The van der Waals surface area contributed by atoms with Gasteiger partial charge in [0, 0.05) is 6.42 Å². The predicted molar refractivity (Wildman–Crippen MR) is 75.9 cm³/mol. The quantitative estimate of drug-likeness (QED) is 0.565. The van der Waals surface area contributed by atoms with Gasteiger partial charge in [0.1, 0.15) is 0 Å². The molecule has 1 aliphatic rings. The summed E-state index contributed by atoms with van der Waals surface area (Å²) in [6.45, 7) is 4.15. The highest BCUT2D eigenvalue weighted by atomic mass is 14.9. The van der Waals surface area contributed by atoms with Crippen LogP contribution in [0.2, 0.25) is 0 Å². The fourth-order valence-electron chi connectivity index (χ4n) is 1.61. The third kappa shape index (κ3) is 4.85. The molecule has 0 unspecified atom stereocenters. The van der Waals surface area contributed by atoms with Crippen molar-refractivity contribution >= 4 is 5.84 Å². The summed E-state index contributed by atoms with van der Waals surface area (Å²) < 4.78 is 0. The van der Waals surface area contributed by atoms with Crippen molar-refractivity contribution < 1.29 is 0 Å². The topological polar surface area (TPSA) is 38.4 Å². The van der Waals surface area contributed by atoms with Crippen LogP contribution in [0.25, 0.3) is 0 Å². The first-order chi connectivity index (χ1) is 8.27. The van der Waals surface area contributed by atoms with Crippen LogP contribution in [0, 0.1) is 0 Å². The second-order valence-corrected chi connectivity index (χ2v) is 4.07. The van der Waals surface area contributed by atoms with E-state index in [1.165, 1.54) is 0 Å². The molecule has 0 bridgehead atoms. The third-order valence-electron chi connectivity index (χ3n) is 2.60. The van der Waals surface area contributed by atoms with Gasteiger partial charge in [0.2, 0.25) is 0 Å². The maximum atomic E-state index is 5.92. The SMILES string of the molecule is CC=C(N=C(N)CCCC)C1=CC=CCC=C1. The van der Waals surface area contributed by atoms with Crippen molar-refractivity contribution in [3.05, 3.63) is 47.7 Å². The van der Waals surface area contributed by atoms with Crippen LogP contribution in [0.15, 0.2) is 52.7 Å². The van der Waals surface area contributed by atoms with E-state index >= 15 is 0 Å². The summed E-state index contributed by atoms with van der Waals surface area (Å²) in [6.07, 6.45) is 16.6. The first kappa shape index (κ1) is 13.5. The summed E-state index contributed by atoms with van der Waals surface area (Å²) in [7, 11) is 0. The van der Waals surface area contributed by atoms with Crippen molar-refractivity contribution in [2.45, 2.75) is 39.5 Å². The fourth-order valence-corrected chi connectivity index (χ4v) is 1.61. The molecule has 0 aromatic heterocycles. The van der Waals surface area contributed by atoms with Crippen LogP contribution in [0.3, 0.4) is 0 Å². The van der Waals surface area contributed by atoms with Crippen LogP contribution in [0.4, 0.5) is 0 Å². The van der Waals surface area contributed by atoms with Crippen molar-refractivity contribution in [1.29, 1.82) is 0 Å². The molecule has 2 N–H and O–H groups in total. The number of rotatable bonds is 5. The molecule has 0 fully saturated rings. The van der Waals surface area contributed by atoms with Gasteiger partial charge in [0.25, 0.3) is 0 Å². The van der Waals surface area contributed by atoms with Gasteiger partial charge in [-0.1, -0.05) is 49.8 Å². The summed E-state index contributed by atoms with van der Waals surface area (Å²) >= 11 is 0. The Morgan fingerprint density at radius 2 is 2.29 bits per heavy atom. The van der Waals surface area contributed by atoms with E-state index in [0.717, 1.165) is 42.8 Å². The number of hydrogen-bond acceptors (Lipinski definition) is 1. The lowest BCUT2D eigenvalue weighted by molar-refractivity contribution is 0.830. The Labute approximate surface area is 104 Å². The molecule has 1 aliphatic carbocycles. The molecule has 92 valence electrons. The molecule has 0 amide bonds. The van der Waals surface area contributed by atoms with E-state index in [1.807, 2.05) is 13.0 Å². The van der Waals surface area contributed by atoms with Crippen LogP contribution in [-0.2, 0) is 0 Å². The first-order valence-electron chi connectivity index (χ1n) is 6.31.